The monoisotopic (exact) mass is 423 g/mol. The Morgan fingerprint density at radius 3 is 1.33 bits per heavy atom. The van der Waals surface area contributed by atoms with Gasteiger partial charge in [0.05, 0.1) is 0 Å². The molecule has 0 saturated carbocycles. The minimum atomic E-state index is 0.752. The SMILES string of the molecule is NCCCNCCNCCCNc1cccc(NCCCNCCNCCCN)n1. The van der Waals surface area contributed by atoms with Crippen LogP contribution < -0.4 is 43.4 Å². The summed E-state index contributed by atoms with van der Waals surface area (Å²) in [5.41, 5.74) is 10.9. The molecule has 0 fully saturated rings. The second kappa shape index (κ2) is 20.8. The van der Waals surface area contributed by atoms with Gasteiger partial charge in [-0.2, -0.15) is 0 Å². The number of nitrogens with zero attached hydrogens (tertiary/aromatic N) is 1. The van der Waals surface area contributed by atoms with Crippen molar-refractivity contribution in [1.82, 2.24) is 26.3 Å². The third kappa shape index (κ3) is 16.3. The van der Waals surface area contributed by atoms with E-state index in [1.54, 1.807) is 0 Å². The summed E-state index contributed by atoms with van der Waals surface area (Å²) in [6.45, 7) is 11.3. The molecule has 0 aliphatic rings. The van der Waals surface area contributed by atoms with Gasteiger partial charge in [-0.25, -0.2) is 4.98 Å². The van der Waals surface area contributed by atoms with E-state index in [1.165, 1.54) is 0 Å². The molecular weight excluding hydrogens is 378 g/mol. The van der Waals surface area contributed by atoms with Gasteiger partial charge in [-0.3, -0.25) is 0 Å². The summed E-state index contributed by atoms with van der Waals surface area (Å²) in [5.74, 6) is 1.84. The van der Waals surface area contributed by atoms with Crippen LogP contribution in [-0.2, 0) is 0 Å². The third-order valence-corrected chi connectivity index (χ3v) is 4.49. The molecule has 0 aliphatic heterocycles. The van der Waals surface area contributed by atoms with Crippen molar-refractivity contribution in [1.29, 1.82) is 0 Å². The van der Waals surface area contributed by atoms with Crippen LogP contribution in [0.5, 0.6) is 0 Å². The fraction of sp³-hybridized carbons (Fsp3) is 0.762. The first-order valence-electron chi connectivity index (χ1n) is 11.5. The van der Waals surface area contributed by atoms with Crippen LogP contribution in [0.25, 0.3) is 0 Å². The molecule has 0 amide bonds. The van der Waals surface area contributed by atoms with E-state index in [0.29, 0.717) is 0 Å². The van der Waals surface area contributed by atoms with E-state index in [1.807, 2.05) is 18.2 Å². The summed E-state index contributed by atoms with van der Waals surface area (Å²) < 4.78 is 0. The number of hydrogen-bond donors (Lipinski definition) is 8. The van der Waals surface area contributed by atoms with E-state index in [9.17, 15) is 0 Å². The van der Waals surface area contributed by atoms with Crippen molar-refractivity contribution in [2.45, 2.75) is 25.7 Å². The number of aromatic nitrogens is 1. The summed E-state index contributed by atoms with van der Waals surface area (Å²) in [6, 6.07) is 6.06. The van der Waals surface area contributed by atoms with E-state index in [2.05, 4.69) is 36.9 Å². The van der Waals surface area contributed by atoms with Gasteiger partial charge in [0.25, 0.3) is 0 Å². The quantitative estimate of drug-likeness (QED) is 0.119. The average Bonchev–Trinajstić information content (AvgIpc) is 2.76. The fourth-order valence-electron chi connectivity index (χ4n) is 2.80. The molecule has 0 bridgehead atoms. The van der Waals surface area contributed by atoms with Crippen molar-refractivity contribution in [3.63, 3.8) is 0 Å². The zero-order valence-corrected chi connectivity index (χ0v) is 18.6. The Hall–Kier alpha value is -1.49. The van der Waals surface area contributed by atoms with Crippen molar-refractivity contribution in [2.24, 2.45) is 11.5 Å². The molecule has 1 aromatic heterocycles. The second-order valence-electron chi connectivity index (χ2n) is 7.25. The molecule has 0 saturated heterocycles. The van der Waals surface area contributed by atoms with Gasteiger partial charge in [-0.15, -0.1) is 0 Å². The van der Waals surface area contributed by atoms with Crippen LogP contribution in [0.15, 0.2) is 18.2 Å². The predicted molar refractivity (Wildman–Crippen MR) is 129 cm³/mol. The Balaban J connectivity index is 1.97. The summed E-state index contributed by atoms with van der Waals surface area (Å²) in [5, 5.41) is 20.4. The first-order valence-corrected chi connectivity index (χ1v) is 11.5. The van der Waals surface area contributed by atoms with Crippen molar-refractivity contribution >= 4 is 11.6 Å². The van der Waals surface area contributed by atoms with Crippen LogP contribution in [0, 0.1) is 0 Å². The Bertz CT molecular complexity index is 448. The lowest BCUT2D eigenvalue weighted by Crippen LogP contribution is -2.30. The molecule has 0 atom stereocenters. The van der Waals surface area contributed by atoms with Crippen LogP contribution in [0.2, 0.25) is 0 Å². The second-order valence-corrected chi connectivity index (χ2v) is 7.25. The topological polar surface area (TPSA) is 137 Å². The Morgan fingerprint density at radius 1 is 0.533 bits per heavy atom. The summed E-state index contributed by atoms with van der Waals surface area (Å²) in [4.78, 5) is 4.62. The molecule has 9 nitrogen and oxygen atoms in total. The molecule has 174 valence electrons. The number of rotatable bonds is 22. The number of nitrogens with two attached hydrogens (primary N) is 2. The highest BCUT2D eigenvalue weighted by atomic mass is 15.1. The molecule has 1 aromatic rings. The maximum absolute atomic E-state index is 5.46. The van der Waals surface area contributed by atoms with Gasteiger partial charge in [-0.05, 0) is 77.1 Å². The van der Waals surface area contributed by atoms with Gasteiger partial charge < -0.3 is 43.4 Å². The number of hydrogen-bond acceptors (Lipinski definition) is 9. The van der Waals surface area contributed by atoms with Gasteiger partial charge >= 0.3 is 0 Å². The maximum Gasteiger partial charge on any atom is 0.128 e. The minimum absolute atomic E-state index is 0.752. The van der Waals surface area contributed by atoms with E-state index >= 15 is 0 Å². The average molecular weight is 424 g/mol. The predicted octanol–water partition coefficient (Wildman–Crippen LogP) is -0.258. The largest absolute Gasteiger partial charge is 0.370 e. The van der Waals surface area contributed by atoms with Crippen LogP contribution in [-0.4, -0.2) is 83.5 Å². The molecule has 0 aromatic carbocycles. The van der Waals surface area contributed by atoms with Crippen molar-refractivity contribution in [3.8, 4) is 0 Å². The first kappa shape index (κ1) is 26.5. The minimum Gasteiger partial charge on any atom is -0.370 e. The van der Waals surface area contributed by atoms with Gasteiger partial charge in [0.15, 0.2) is 0 Å². The molecule has 1 heterocycles. The molecular formula is C21H45N9. The van der Waals surface area contributed by atoms with Crippen molar-refractivity contribution in [3.05, 3.63) is 18.2 Å². The highest BCUT2D eigenvalue weighted by Crippen LogP contribution is 2.08. The Labute approximate surface area is 182 Å². The standard InChI is InChI=1S/C21H45N9/c22-8-2-10-24-16-18-26-12-4-14-28-20-6-1-7-21(30-20)29-15-5-13-27-19-17-25-11-3-9-23/h1,6-7,24-27H,2-5,8-19,22-23H2,(H2,28,29,30). The Kier molecular flexibility index (Phi) is 18.4. The molecule has 0 radical (unpaired) electrons. The van der Waals surface area contributed by atoms with E-state index in [-0.39, 0.29) is 0 Å². The number of anilines is 2. The number of nitrogens with one attached hydrogen (secondary N) is 6. The molecule has 10 N–H and O–H groups in total. The molecule has 30 heavy (non-hydrogen) atoms. The van der Waals surface area contributed by atoms with Crippen LogP contribution in [0.4, 0.5) is 11.6 Å². The lowest BCUT2D eigenvalue weighted by Gasteiger charge is -2.10. The molecule has 0 unspecified atom stereocenters. The zero-order chi connectivity index (χ0) is 21.5. The molecule has 0 aliphatic carbocycles. The van der Waals surface area contributed by atoms with Crippen molar-refractivity contribution in [2.75, 3.05) is 89.2 Å². The summed E-state index contributed by atoms with van der Waals surface area (Å²) in [7, 11) is 0. The highest BCUT2D eigenvalue weighted by molar-refractivity contribution is 5.44. The maximum atomic E-state index is 5.46. The van der Waals surface area contributed by atoms with Gasteiger partial charge in [0.1, 0.15) is 11.6 Å². The first-order chi connectivity index (χ1) is 14.9. The Morgan fingerprint density at radius 2 is 0.933 bits per heavy atom. The summed E-state index contributed by atoms with van der Waals surface area (Å²) >= 11 is 0. The van der Waals surface area contributed by atoms with Gasteiger partial charge in [-0.1, -0.05) is 6.07 Å². The van der Waals surface area contributed by atoms with Crippen LogP contribution >= 0.6 is 0 Å². The molecule has 0 spiro atoms. The van der Waals surface area contributed by atoms with E-state index in [0.717, 1.165) is 116 Å². The lowest BCUT2D eigenvalue weighted by molar-refractivity contribution is 0.592. The lowest BCUT2D eigenvalue weighted by atomic mass is 10.3. The third-order valence-electron chi connectivity index (χ3n) is 4.49. The molecule has 1 rings (SSSR count). The normalized spacial score (nSPS) is 11.0. The number of pyridine rings is 1. The van der Waals surface area contributed by atoms with Crippen LogP contribution in [0.1, 0.15) is 25.7 Å². The van der Waals surface area contributed by atoms with Crippen molar-refractivity contribution < 1.29 is 0 Å². The van der Waals surface area contributed by atoms with E-state index < -0.39 is 0 Å². The van der Waals surface area contributed by atoms with Gasteiger partial charge in [0, 0.05) is 39.3 Å². The van der Waals surface area contributed by atoms with E-state index in [4.69, 9.17) is 11.5 Å². The highest BCUT2D eigenvalue weighted by Gasteiger charge is 1.97. The smallest absolute Gasteiger partial charge is 0.128 e. The fourth-order valence-corrected chi connectivity index (χ4v) is 2.80. The van der Waals surface area contributed by atoms with Crippen LogP contribution in [0.3, 0.4) is 0 Å². The zero-order valence-electron chi connectivity index (χ0n) is 18.6. The molecule has 9 heteroatoms. The summed E-state index contributed by atoms with van der Waals surface area (Å²) in [6.07, 6.45) is 4.20. The van der Waals surface area contributed by atoms with Gasteiger partial charge in [0.2, 0.25) is 0 Å².